The van der Waals surface area contributed by atoms with Gasteiger partial charge in [0.15, 0.2) is 0 Å². The molecule has 0 unspecified atom stereocenters. The normalized spacial score (nSPS) is 14.0. The van der Waals surface area contributed by atoms with Gasteiger partial charge in [0.25, 0.3) is 0 Å². The van der Waals surface area contributed by atoms with Gasteiger partial charge in [0, 0.05) is 7.11 Å². The summed E-state index contributed by atoms with van der Waals surface area (Å²) in [6, 6.07) is 0. The fourth-order valence-electron chi connectivity index (χ4n) is 0.393. The molecule has 2 nitrogen and oxygen atoms in total. The van der Waals surface area contributed by atoms with E-state index in [1.807, 2.05) is 6.08 Å². The molecule has 0 aromatic carbocycles. The molecule has 0 saturated carbocycles. The Bertz CT molecular complexity index is 101. The second-order valence-corrected chi connectivity index (χ2v) is 2.04. The van der Waals surface area contributed by atoms with Crippen LogP contribution in [0.3, 0.4) is 0 Å². The lowest BCUT2D eigenvalue weighted by molar-refractivity contribution is -0.116. The predicted molar refractivity (Wildman–Crippen MR) is 39.5 cm³/mol. The monoisotopic (exact) mass is 192 g/mol. The minimum Gasteiger partial charge on any atom is -0.374 e. The van der Waals surface area contributed by atoms with Crippen LogP contribution in [0.25, 0.3) is 0 Å². The molecule has 0 aromatic rings. The molecule has 0 heterocycles. The number of carbonyl (C=O) groups is 1. The first kappa shape index (κ1) is 8.85. The van der Waals surface area contributed by atoms with E-state index in [4.69, 9.17) is 4.74 Å². The number of carbonyl (C=O) groups excluding carboxylic acids is 1. The van der Waals surface area contributed by atoms with Crippen molar-refractivity contribution in [2.75, 3.05) is 7.11 Å². The van der Waals surface area contributed by atoms with Gasteiger partial charge >= 0.3 is 0 Å². The van der Waals surface area contributed by atoms with E-state index in [1.165, 1.54) is 7.11 Å². The number of aldehydes is 1. The summed E-state index contributed by atoms with van der Waals surface area (Å²) in [6.45, 7) is 0. The van der Waals surface area contributed by atoms with Crippen molar-refractivity contribution in [3.63, 3.8) is 0 Å². The van der Waals surface area contributed by atoms with Gasteiger partial charge in [0.05, 0.1) is 0 Å². The van der Waals surface area contributed by atoms with Crippen LogP contribution in [0.15, 0.2) is 11.1 Å². The number of halogens is 1. The summed E-state index contributed by atoms with van der Waals surface area (Å²) in [4.78, 5) is 11.8. The van der Waals surface area contributed by atoms with E-state index < -0.39 is 0 Å². The zero-order valence-electron chi connectivity index (χ0n) is 5.21. The highest BCUT2D eigenvalue weighted by molar-refractivity contribution is 9.11. The molecule has 0 rings (SSSR count). The lowest BCUT2D eigenvalue weighted by atomic mass is 10.3. The number of rotatable bonds is 4. The van der Waals surface area contributed by atoms with Crippen LogP contribution >= 0.6 is 15.9 Å². The maximum absolute atomic E-state index is 10.1. The smallest absolute Gasteiger partial charge is 0.149 e. The number of methoxy groups -OCH3 is 1. The summed E-state index contributed by atoms with van der Waals surface area (Å²) in [6.07, 6.45) is 2.94. The average molecular weight is 193 g/mol. The van der Waals surface area contributed by atoms with Gasteiger partial charge in [-0.15, -0.1) is 0 Å². The van der Waals surface area contributed by atoms with Crippen LogP contribution in [0.2, 0.25) is 0 Å². The summed E-state index contributed by atoms with van der Waals surface area (Å²) in [5, 5.41) is 0. The summed E-state index contributed by atoms with van der Waals surface area (Å²) in [7, 11) is 1.52. The van der Waals surface area contributed by atoms with E-state index in [0.29, 0.717) is 6.42 Å². The first-order chi connectivity index (χ1) is 4.35. The topological polar surface area (TPSA) is 26.3 Å². The molecule has 9 heavy (non-hydrogen) atoms. The van der Waals surface area contributed by atoms with Gasteiger partial charge in [-0.3, -0.25) is 0 Å². The third kappa shape index (κ3) is 4.36. The Morgan fingerprint density at radius 3 is 2.78 bits per heavy atom. The molecule has 0 spiro atoms. The molecule has 0 aliphatic heterocycles. The Labute approximate surface area is 63.0 Å². The van der Waals surface area contributed by atoms with Crippen LogP contribution < -0.4 is 0 Å². The average Bonchev–Trinajstić information content (AvgIpc) is 1.91. The van der Waals surface area contributed by atoms with E-state index in [0.717, 1.165) is 6.29 Å². The largest absolute Gasteiger partial charge is 0.374 e. The van der Waals surface area contributed by atoms with Crippen molar-refractivity contribution in [1.82, 2.24) is 0 Å². The van der Waals surface area contributed by atoms with Crippen LogP contribution in [0.1, 0.15) is 6.42 Å². The Morgan fingerprint density at radius 1 is 1.78 bits per heavy atom. The van der Waals surface area contributed by atoms with E-state index in [2.05, 4.69) is 15.9 Å². The van der Waals surface area contributed by atoms with E-state index >= 15 is 0 Å². The molecule has 52 valence electrons. The molecule has 0 aliphatic rings. The second-order valence-electron chi connectivity index (χ2n) is 1.51. The molecule has 0 amide bonds. The standard InChI is InChI=1S/C6H9BrO2/c1-9-6(5-8)3-2-4-7/h2,4-6H,3H2,1H3/b4-2+/t6-/m1/s1. The summed E-state index contributed by atoms with van der Waals surface area (Å²) in [5.74, 6) is 0. The third-order valence-electron chi connectivity index (χ3n) is 0.912. The fourth-order valence-corrected chi connectivity index (χ4v) is 0.609. The van der Waals surface area contributed by atoms with Crippen molar-refractivity contribution in [2.45, 2.75) is 12.5 Å². The van der Waals surface area contributed by atoms with E-state index in [1.54, 1.807) is 4.99 Å². The van der Waals surface area contributed by atoms with Crippen molar-refractivity contribution in [3.05, 3.63) is 11.1 Å². The van der Waals surface area contributed by atoms with Gasteiger partial charge in [0.1, 0.15) is 12.4 Å². The zero-order chi connectivity index (χ0) is 7.11. The predicted octanol–water partition coefficient (Wildman–Crippen LogP) is 1.50. The maximum Gasteiger partial charge on any atom is 0.149 e. The van der Waals surface area contributed by atoms with Gasteiger partial charge in [-0.1, -0.05) is 22.0 Å². The highest BCUT2D eigenvalue weighted by Crippen LogP contribution is 1.95. The first-order valence-electron chi connectivity index (χ1n) is 2.58. The lowest BCUT2D eigenvalue weighted by Gasteiger charge is -2.01. The molecular formula is C6H9BrO2. The van der Waals surface area contributed by atoms with Gasteiger partial charge in [0.2, 0.25) is 0 Å². The zero-order valence-corrected chi connectivity index (χ0v) is 6.80. The minimum absolute atomic E-state index is 0.293. The van der Waals surface area contributed by atoms with Crippen LogP contribution in [-0.4, -0.2) is 19.5 Å². The minimum atomic E-state index is -0.293. The van der Waals surface area contributed by atoms with Crippen molar-refractivity contribution in [2.24, 2.45) is 0 Å². The second kappa shape index (κ2) is 5.98. The molecule has 0 saturated heterocycles. The first-order valence-corrected chi connectivity index (χ1v) is 3.50. The van der Waals surface area contributed by atoms with Crippen LogP contribution in [0, 0.1) is 0 Å². The molecular weight excluding hydrogens is 184 g/mol. The van der Waals surface area contributed by atoms with Crippen molar-refractivity contribution in [1.29, 1.82) is 0 Å². The molecule has 0 N–H and O–H groups in total. The Kier molecular flexibility index (Phi) is 5.88. The third-order valence-corrected chi connectivity index (χ3v) is 1.29. The van der Waals surface area contributed by atoms with Crippen LogP contribution in [0.5, 0.6) is 0 Å². The van der Waals surface area contributed by atoms with Crippen molar-refractivity contribution in [3.8, 4) is 0 Å². The van der Waals surface area contributed by atoms with Crippen LogP contribution in [-0.2, 0) is 9.53 Å². The number of ether oxygens (including phenoxy) is 1. The molecule has 0 fully saturated rings. The van der Waals surface area contributed by atoms with Gasteiger partial charge < -0.3 is 9.53 Å². The quantitative estimate of drug-likeness (QED) is 0.632. The van der Waals surface area contributed by atoms with Gasteiger partial charge in [-0.05, 0) is 11.4 Å². The highest BCUT2D eigenvalue weighted by atomic mass is 79.9. The van der Waals surface area contributed by atoms with E-state index in [9.17, 15) is 4.79 Å². The summed E-state index contributed by atoms with van der Waals surface area (Å²) >= 11 is 3.08. The summed E-state index contributed by atoms with van der Waals surface area (Å²) < 4.78 is 4.76. The van der Waals surface area contributed by atoms with E-state index in [-0.39, 0.29) is 6.10 Å². The SMILES string of the molecule is CO[C@@H](C=O)C/C=C/Br. The molecule has 0 bridgehead atoms. The molecule has 3 heteroatoms. The lowest BCUT2D eigenvalue weighted by Crippen LogP contribution is -2.09. The fraction of sp³-hybridized carbons (Fsp3) is 0.500. The van der Waals surface area contributed by atoms with Crippen molar-refractivity contribution >= 4 is 22.2 Å². The van der Waals surface area contributed by atoms with Crippen molar-refractivity contribution < 1.29 is 9.53 Å². The number of hydrogen-bond donors (Lipinski definition) is 0. The molecule has 0 aromatic heterocycles. The number of hydrogen-bond acceptors (Lipinski definition) is 2. The highest BCUT2D eigenvalue weighted by Gasteiger charge is 1.99. The molecule has 0 radical (unpaired) electrons. The maximum atomic E-state index is 10.1. The van der Waals surface area contributed by atoms with Gasteiger partial charge in [-0.25, -0.2) is 0 Å². The molecule has 1 atom stereocenters. The Morgan fingerprint density at radius 2 is 2.44 bits per heavy atom. The van der Waals surface area contributed by atoms with Crippen LogP contribution in [0.4, 0.5) is 0 Å². The van der Waals surface area contributed by atoms with Gasteiger partial charge in [-0.2, -0.15) is 0 Å². The summed E-state index contributed by atoms with van der Waals surface area (Å²) in [5.41, 5.74) is 0. The Balaban J connectivity index is 3.42. The molecule has 0 aliphatic carbocycles. The Hall–Kier alpha value is -0.150.